The minimum absolute atomic E-state index is 0.00603. The molecular weight excluding hydrogens is 310 g/mol. The maximum atomic E-state index is 10.8. The first-order valence-corrected chi connectivity index (χ1v) is 8.80. The van der Waals surface area contributed by atoms with Crippen molar-refractivity contribution in [2.45, 2.75) is 65.8 Å². The largest absolute Gasteiger partial charge is 0.507 e. The summed E-state index contributed by atoms with van der Waals surface area (Å²) in [5, 5.41) is 24.1. The maximum absolute atomic E-state index is 10.8. The summed E-state index contributed by atoms with van der Waals surface area (Å²) >= 11 is 0. The Balaban J connectivity index is 2.44. The van der Waals surface area contributed by atoms with Crippen LogP contribution < -0.4 is 5.32 Å². The predicted octanol–water partition coefficient (Wildman–Crippen LogP) is 5.61. The standard InChI is InChI=1S/C22H31NO2/c1-14-8-9-19(24)18(10-14)23-13-15-11-16(21(2,3)4)12-17(20(15)25)22(5,6)7/h8-12,23-25H,13H2,1-7H3. The molecule has 3 nitrogen and oxygen atoms in total. The molecule has 0 aliphatic carbocycles. The van der Waals surface area contributed by atoms with Gasteiger partial charge in [0.1, 0.15) is 11.5 Å². The number of hydrogen-bond donors (Lipinski definition) is 3. The maximum Gasteiger partial charge on any atom is 0.138 e. The fraction of sp³-hybridized carbons (Fsp3) is 0.455. The zero-order chi connectivity index (χ0) is 19.0. The van der Waals surface area contributed by atoms with Gasteiger partial charge in [-0.3, -0.25) is 0 Å². The van der Waals surface area contributed by atoms with Crippen LogP contribution in [0.4, 0.5) is 5.69 Å². The molecule has 0 aromatic heterocycles. The topological polar surface area (TPSA) is 52.5 Å². The van der Waals surface area contributed by atoms with Crippen LogP contribution in [0.15, 0.2) is 30.3 Å². The predicted molar refractivity (Wildman–Crippen MR) is 106 cm³/mol. The van der Waals surface area contributed by atoms with Crippen molar-refractivity contribution < 1.29 is 10.2 Å². The molecule has 0 amide bonds. The normalized spacial score (nSPS) is 12.3. The highest BCUT2D eigenvalue weighted by atomic mass is 16.3. The highest BCUT2D eigenvalue weighted by Gasteiger charge is 2.24. The molecule has 2 aromatic carbocycles. The molecule has 0 radical (unpaired) electrons. The molecule has 3 heteroatoms. The zero-order valence-electron chi connectivity index (χ0n) is 16.5. The van der Waals surface area contributed by atoms with Gasteiger partial charge in [-0.05, 0) is 52.6 Å². The van der Waals surface area contributed by atoms with Crippen LogP contribution in [0, 0.1) is 6.92 Å². The number of hydrogen-bond acceptors (Lipinski definition) is 3. The van der Waals surface area contributed by atoms with E-state index in [-0.39, 0.29) is 16.6 Å². The van der Waals surface area contributed by atoms with Crippen molar-refractivity contribution in [1.29, 1.82) is 0 Å². The molecule has 0 unspecified atom stereocenters. The first kappa shape index (κ1) is 19.2. The lowest BCUT2D eigenvalue weighted by Crippen LogP contribution is -2.18. The molecule has 2 rings (SSSR count). The zero-order valence-corrected chi connectivity index (χ0v) is 16.5. The Morgan fingerprint density at radius 1 is 0.880 bits per heavy atom. The van der Waals surface area contributed by atoms with Crippen LogP contribution in [0.5, 0.6) is 11.5 Å². The second-order valence-electron chi connectivity index (χ2n) is 8.91. The molecule has 0 spiro atoms. The van der Waals surface area contributed by atoms with Crippen molar-refractivity contribution in [3.05, 3.63) is 52.6 Å². The summed E-state index contributed by atoms with van der Waals surface area (Å²) in [6.45, 7) is 15.3. The molecule has 0 aliphatic rings. The van der Waals surface area contributed by atoms with Gasteiger partial charge in [-0.15, -0.1) is 0 Å². The lowest BCUT2D eigenvalue weighted by molar-refractivity contribution is 0.438. The van der Waals surface area contributed by atoms with E-state index in [1.54, 1.807) is 6.07 Å². The monoisotopic (exact) mass is 341 g/mol. The first-order valence-electron chi connectivity index (χ1n) is 8.80. The summed E-state index contributed by atoms with van der Waals surface area (Å²) < 4.78 is 0. The fourth-order valence-corrected chi connectivity index (χ4v) is 2.82. The van der Waals surface area contributed by atoms with E-state index in [1.807, 2.05) is 19.1 Å². The van der Waals surface area contributed by atoms with Gasteiger partial charge in [0.15, 0.2) is 0 Å². The number of aromatic hydroxyl groups is 2. The molecule has 3 N–H and O–H groups in total. The van der Waals surface area contributed by atoms with E-state index in [0.29, 0.717) is 18.0 Å². The Morgan fingerprint density at radius 3 is 2.08 bits per heavy atom. The Bertz CT molecular complexity index is 765. The molecule has 2 aromatic rings. The quantitative estimate of drug-likeness (QED) is 0.636. The van der Waals surface area contributed by atoms with Gasteiger partial charge in [0.25, 0.3) is 0 Å². The van der Waals surface area contributed by atoms with Crippen LogP contribution in [0.1, 0.15) is 63.8 Å². The van der Waals surface area contributed by atoms with E-state index >= 15 is 0 Å². The van der Waals surface area contributed by atoms with Gasteiger partial charge in [-0.2, -0.15) is 0 Å². The molecule has 25 heavy (non-hydrogen) atoms. The number of rotatable bonds is 3. The van der Waals surface area contributed by atoms with E-state index in [2.05, 4.69) is 59.0 Å². The Morgan fingerprint density at radius 2 is 1.52 bits per heavy atom. The molecule has 0 saturated carbocycles. The van der Waals surface area contributed by atoms with Gasteiger partial charge in [-0.1, -0.05) is 53.7 Å². The molecule has 0 saturated heterocycles. The third-order valence-corrected chi connectivity index (χ3v) is 4.48. The number of benzene rings is 2. The van der Waals surface area contributed by atoms with Crippen molar-refractivity contribution in [2.75, 3.05) is 5.32 Å². The van der Waals surface area contributed by atoms with Crippen molar-refractivity contribution in [3.8, 4) is 11.5 Å². The van der Waals surface area contributed by atoms with Gasteiger partial charge < -0.3 is 15.5 Å². The van der Waals surface area contributed by atoms with Crippen LogP contribution in [-0.4, -0.2) is 10.2 Å². The number of phenolic OH excluding ortho intramolecular Hbond substituents is 2. The fourth-order valence-electron chi connectivity index (χ4n) is 2.82. The van der Waals surface area contributed by atoms with E-state index in [4.69, 9.17) is 0 Å². The minimum atomic E-state index is -0.147. The number of nitrogens with one attached hydrogen (secondary N) is 1. The number of phenols is 2. The Kier molecular flexibility index (Phi) is 5.08. The SMILES string of the molecule is Cc1ccc(O)c(NCc2cc(C(C)(C)C)cc(C(C)(C)C)c2O)c1. The van der Waals surface area contributed by atoms with Crippen LogP contribution in [0.3, 0.4) is 0 Å². The van der Waals surface area contributed by atoms with Crippen molar-refractivity contribution in [1.82, 2.24) is 0 Å². The van der Waals surface area contributed by atoms with Crippen LogP contribution in [-0.2, 0) is 17.4 Å². The average Bonchev–Trinajstić information content (AvgIpc) is 2.47. The third kappa shape index (κ3) is 4.47. The second kappa shape index (κ2) is 6.62. The van der Waals surface area contributed by atoms with E-state index in [0.717, 1.165) is 16.7 Å². The van der Waals surface area contributed by atoms with E-state index < -0.39 is 0 Å². The highest BCUT2D eigenvalue weighted by Crippen LogP contribution is 2.38. The van der Waals surface area contributed by atoms with Crippen molar-refractivity contribution in [3.63, 3.8) is 0 Å². The van der Waals surface area contributed by atoms with Crippen LogP contribution >= 0.6 is 0 Å². The lowest BCUT2D eigenvalue weighted by Gasteiger charge is -2.27. The van der Waals surface area contributed by atoms with Crippen molar-refractivity contribution >= 4 is 5.69 Å². The molecule has 0 atom stereocenters. The summed E-state index contributed by atoms with van der Waals surface area (Å²) in [7, 11) is 0. The first-order chi connectivity index (χ1) is 11.4. The van der Waals surface area contributed by atoms with Gasteiger partial charge >= 0.3 is 0 Å². The van der Waals surface area contributed by atoms with Gasteiger partial charge in [-0.25, -0.2) is 0 Å². The van der Waals surface area contributed by atoms with Crippen LogP contribution in [0.2, 0.25) is 0 Å². The van der Waals surface area contributed by atoms with E-state index in [9.17, 15) is 10.2 Å². The summed E-state index contributed by atoms with van der Waals surface area (Å²) in [6.07, 6.45) is 0. The van der Waals surface area contributed by atoms with Gasteiger partial charge in [0.05, 0.1) is 5.69 Å². The second-order valence-corrected chi connectivity index (χ2v) is 8.91. The molecule has 0 fully saturated rings. The van der Waals surface area contributed by atoms with Gasteiger partial charge in [0.2, 0.25) is 0 Å². The smallest absolute Gasteiger partial charge is 0.138 e. The average molecular weight is 341 g/mol. The lowest BCUT2D eigenvalue weighted by atomic mass is 9.79. The van der Waals surface area contributed by atoms with Crippen molar-refractivity contribution in [2.24, 2.45) is 0 Å². The molecule has 0 bridgehead atoms. The molecule has 136 valence electrons. The van der Waals surface area contributed by atoms with Crippen LogP contribution in [0.25, 0.3) is 0 Å². The van der Waals surface area contributed by atoms with E-state index in [1.165, 1.54) is 5.56 Å². The Hall–Kier alpha value is -2.16. The minimum Gasteiger partial charge on any atom is -0.507 e. The third-order valence-electron chi connectivity index (χ3n) is 4.48. The van der Waals surface area contributed by atoms with Gasteiger partial charge in [0, 0.05) is 12.1 Å². The summed E-state index contributed by atoms with van der Waals surface area (Å²) in [6, 6.07) is 9.64. The number of anilines is 1. The molecule has 0 aliphatic heterocycles. The number of aryl methyl sites for hydroxylation is 1. The summed E-state index contributed by atoms with van der Waals surface area (Å²) in [4.78, 5) is 0. The Labute approximate surface area is 151 Å². The summed E-state index contributed by atoms with van der Waals surface area (Å²) in [5.41, 5.74) is 4.59. The highest BCUT2D eigenvalue weighted by molar-refractivity contribution is 5.58. The summed E-state index contributed by atoms with van der Waals surface area (Å²) in [5.74, 6) is 0.549. The molecular formula is C22H31NO2. The molecule has 0 heterocycles.